The lowest BCUT2D eigenvalue weighted by atomic mass is 9.91. The molecule has 0 aromatic rings. The predicted octanol–water partition coefficient (Wildman–Crippen LogP) is 28.6. The summed E-state index contributed by atoms with van der Waals surface area (Å²) in [6, 6.07) is 0. The van der Waals surface area contributed by atoms with Gasteiger partial charge in [0.1, 0.15) is 0 Å². The van der Waals surface area contributed by atoms with Gasteiger partial charge in [0.2, 0.25) is 0 Å². The van der Waals surface area contributed by atoms with E-state index in [4.69, 9.17) is 0 Å². The van der Waals surface area contributed by atoms with E-state index in [-0.39, 0.29) is 6.10 Å². The van der Waals surface area contributed by atoms with Gasteiger partial charge in [0.15, 0.2) is 0 Å². The summed E-state index contributed by atoms with van der Waals surface area (Å²) in [7, 11) is 0. The minimum Gasteiger partial charge on any atom is -0.481 e. The zero-order chi connectivity index (χ0) is 62.4. The molecule has 0 amide bonds. The third-order valence-corrected chi connectivity index (χ3v) is 20.3. The first-order chi connectivity index (χ1) is 42.3. The number of carboxylic acid groups (broad SMARTS) is 1. The van der Waals surface area contributed by atoms with Crippen LogP contribution in [0.5, 0.6) is 0 Å². The molecule has 0 fully saturated rings. The number of allylic oxidation sites excluding steroid dienone is 2. The second-order valence-corrected chi connectivity index (χ2v) is 29.1. The van der Waals surface area contributed by atoms with Crippen molar-refractivity contribution in [2.75, 3.05) is 0 Å². The smallest absolute Gasteiger partial charge is 0.309 e. The van der Waals surface area contributed by atoms with E-state index in [2.05, 4.69) is 39.8 Å². The number of hydrogen-bond acceptors (Lipinski definition) is 3. The van der Waals surface area contributed by atoms with E-state index in [1.54, 1.807) is 0 Å². The van der Waals surface area contributed by atoms with Crippen LogP contribution in [-0.4, -0.2) is 33.5 Å². The molecule has 86 heavy (non-hydrogen) atoms. The first-order valence-corrected chi connectivity index (χ1v) is 40.6. The molecule has 0 saturated heterocycles. The maximum Gasteiger partial charge on any atom is 0.309 e. The fourth-order valence-corrected chi connectivity index (χ4v) is 13.9. The number of hydrogen-bond donors (Lipinski definition) is 3. The van der Waals surface area contributed by atoms with Crippen molar-refractivity contribution in [3.05, 3.63) is 12.2 Å². The Morgan fingerprint density at radius 1 is 0.267 bits per heavy atom. The largest absolute Gasteiger partial charge is 0.481 e. The molecular formula is C82H162O4. The lowest BCUT2D eigenvalue weighted by Gasteiger charge is -2.19. The number of carbonyl (C=O) groups is 1. The summed E-state index contributed by atoms with van der Waals surface area (Å²) >= 11 is 0. The Labute approximate surface area is 542 Å². The van der Waals surface area contributed by atoms with Gasteiger partial charge in [-0.1, -0.05) is 444 Å². The Morgan fingerprint density at radius 2 is 0.477 bits per heavy atom. The molecule has 0 aliphatic heterocycles. The van der Waals surface area contributed by atoms with Crippen molar-refractivity contribution < 1.29 is 20.1 Å². The summed E-state index contributed by atoms with van der Waals surface area (Å²) in [5.74, 6) is -0.186. The third-order valence-electron chi connectivity index (χ3n) is 20.3. The summed E-state index contributed by atoms with van der Waals surface area (Å²) in [5.41, 5.74) is 0. The Morgan fingerprint density at radius 3 is 0.744 bits per heavy atom. The molecule has 0 bridgehead atoms. The minimum atomic E-state index is -0.803. The molecule has 0 aromatic carbocycles. The molecule has 0 radical (unpaired) electrons. The second-order valence-electron chi connectivity index (χ2n) is 29.1. The zero-order valence-electron chi connectivity index (χ0n) is 59.8. The first kappa shape index (κ1) is 85.1. The van der Waals surface area contributed by atoms with Gasteiger partial charge in [0, 0.05) is 0 Å². The van der Waals surface area contributed by atoms with Crippen LogP contribution in [0.4, 0.5) is 0 Å². The molecule has 0 rings (SSSR count). The molecule has 5 atom stereocenters. The topological polar surface area (TPSA) is 77.8 Å². The average molecular weight is 1210 g/mol. The van der Waals surface area contributed by atoms with Crippen LogP contribution in [0.25, 0.3) is 0 Å². The Balaban J connectivity index is 3.44. The van der Waals surface area contributed by atoms with Crippen molar-refractivity contribution in [3.8, 4) is 0 Å². The third kappa shape index (κ3) is 67.5. The van der Waals surface area contributed by atoms with Gasteiger partial charge < -0.3 is 15.3 Å². The van der Waals surface area contributed by atoms with Gasteiger partial charge in [-0.05, 0) is 56.8 Å². The molecule has 0 saturated carbocycles. The van der Waals surface area contributed by atoms with Gasteiger partial charge in [-0.3, -0.25) is 4.79 Å². The summed E-state index contributed by atoms with van der Waals surface area (Å²) in [6.07, 6.45) is 98.0. The molecule has 0 aliphatic rings. The van der Waals surface area contributed by atoms with Gasteiger partial charge in [0.05, 0.1) is 18.1 Å². The Bertz CT molecular complexity index is 1280. The Kier molecular flexibility index (Phi) is 72.4. The molecule has 514 valence electrons. The average Bonchev–Trinajstić information content (AvgIpc) is 3.51. The van der Waals surface area contributed by atoms with Crippen molar-refractivity contribution in [1.82, 2.24) is 0 Å². The first-order valence-electron chi connectivity index (χ1n) is 40.6. The highest BCUT2D eigenvalue weighted by Crippen LogP contribution is 2.24. The van der Waals surface area contributed by atoms with Crippen molar-refractivity contribution >= 4 is 5.97 Å². The normalized spacial score (nSPS) is 13.7. The van der Waals surface area contributed by atoms with Crippen molar-refractivity contribution in [1.29, 1.82) is 0 Å². The van der Waals surface area contributed by atoms with Gasteiger partial charge in [-0.2, -0.15) is 0 Å². The SMILES string of the molecule is CCCCCCCCCCCCCCCCCCCCCC[C@@H](C(=O)O)[C@H](O)CCCCCCCCCCCCCCCCC[C@@H](C)/C=C/CCCCCCCCCCCCCCC[C@H](O)[C@@H](C)CCCCCCCCCCCCCCCCCC. The van der Waals surface area contributed by atoms with Crippen LogP contribution in [0.2, 0.25) is 0 Å². The number of carboxylic acids is 1. The summed E-state index contributed by atoms with van der Waals surface area (Å²) in [6.45, 7) is 9.30. The molecule has 3 N–H and O–H groups in total. The fourth-order valence-electron chi connectivity index (χ4n) is 13.9. The predicted molar refractivity (Wildman–Crippen MR) is 385 cm³/mol. The Hall–Kier alpha value is -0.870. The quantitative estimate of drug-likeness (QED) is 0.0419. The maximum atomic E-state index is 11.9. The molecule has 0 aromatic heterocycles. The monoisotopic (exact) mass is 1210 g/mol. The van der Waals surface area contributed by atoms with E-state index in [0.717, 1.165) is 38.0 Å². The molecular weight excluding hydrogens is 1050 g/mol. The van der Waals surface area contributed by atoms with Crippen LogP contribution in [-0.2, 0) is 4.79 Å². The number of aliphatic carboxylic acids is 1. The van der Waals surface area contributed by atoms with Gasteiger partial charge >= 0.3 is 5.97 Å². The van der Waals surface area contributed by atoms with Crippen molar-refractivity contribution in [2.24, 2.45) is 17.8 Å². The highest BCUT2D eigenvalue weighted by atomic mass is 16.4. The van der Waals surface area contributed by atoms with E-state index in [1.807, 2.05) is 0 Å². The molecule has 0 aliphatic carbocycles. The number of aliphatic hydroxyl groups excluding tert-OH is 2. The summed E-state index contributed by atoms with van der Waals surface area (Å²) < 4.78 is 0. The van der Waals surface area contributed by atoms with Crippen LogP contribution in [0.3, 0.4) is 0 Å². The van der Waals surface area contributed by atoms with E-state index in [9.17, 15) is 20.1 Å². The van der Waals surface area contributed by atoms with E-state index in [1.165, 1.54) is 405 Å². The van der Waals surface area contributed by atoms with E-state index >= 15 is 0 Å². The summed E-state index contributed by atoms with van der Waals surface area (Å²) in [5, 5.41) is 31.3. The molecule has 0 heterocycles. The van der Waals surface area contributed by atoms with Crippen LogP contribution in [0.1, 0.15) is 477 Å². The standard InChI is InChI=1S/C82H162O4/c1-5-7-9-11-13-15-17-19-21-23-24-25-26-32-38-44-50-56-62-68-74-79(82(85)86)81(84)76-70-64-58-52-46-40-34-28-30-36-42-48-54-60-66-72-77(3)71-65-59-53-47-41-35-29-27-33-39-45-51-57-63-69-75-80(83)78(4)73-67-61-55-49-43-37-31-22-20-18-16-14-12-10-8-6-2/h65,71,77-81,83-84H,5-64,66-70,72-76H2,1-4H3,(H,85,86)/b71-65+/t77-,78-,79+,80-,81+/m0/s1. The van der Waals surface area contributed by atoms with Gasteiger partial charge in [-0.25, -0.2) is 0 Å². The second kappa shape index (κ2) is 73.2. The summed E-state index contributed by atoms with van der Waals surface area (Å²) in [4.78, 5) is 11.9. The number of unbranched alkanes of at least 4 members (excludes halogenated alkanes) is 61. The van der Waals surface area contributed by atoms with Crippen LogP contribution >= 0.6 is 0 Å². The fraction of sp³-hybridized carbons (Fsp3) is 0.963. The number of rotatable bonds is 76. The molecule has 0 unspecified atom stereocenters. The highest BCUT2D eigenvalue weighted by Gasteiger charge is 2.25. The van der Waals surface area contributed by atoms with Crippen LogP contribution in [0.15, 0.2) is 12.2 Å². The lowest BCUT2D eigenvalue weighted by molar-refractivity contribution is -0.146. The van der Waals surface area contributed by atoms with Crippen LogP contribution < -0.4 is 0 Å². The lowest BCUT2D eigenvalue weighted by Crippen LogP contribution is -2.28. The van der Waals surface area contributed by atoms with Gasteiger partial charge in [0.25, 0.3) is 0 Å². The number of aliphatic hydroxyl groups is 2. The zero-order valence-corrected chi connectivity index (χ0v) is 59.8. The minimum absolute atomic E-state index is 0.0854. The molecule has 0 spiro atoms. The van der Waals surface area contributed by atoms with Gasteiger partial charge in [-0.15, -0.1) is 0 Å². The molecule has 4 heteroatoms. The highest BCUT2D eigenvalue weighted by molar-refractivity contribution is 5.70. The van der Waals surface area contributed by atoms with E-state index < -0.39 is 18.0 Å². The van der Waals surface area contributed by atoms with Crippen molar-refractivity contribution in [2.45, 2.75) is 489 Å². The van der Waals surface area contributed by atoms with Crippen molar-refractivity contribution in [3.63, 3.8) is 0 Å². The molecule has 4 nitrogen and oxygen atoms in total. The van der Waals surface area contributed by atoms with E-state index in [0.29, 0.717) is 18.8 Å². The maximum absolute atomic E-state index is 11.9. The van der Waals surface area contributed by atoms with Crippen LogP contribution in [0, 0.1) is 17.8 Å².